The van der Waals surface area contributed by atoms with Crippen LogP contribution >= 0.6 is 11.6 Å². The molecule has 4 heteroatoms. The van der Waals surface area contributed by atoms with Crippen molar-refractivity contribution in [3.05, 3.63) is 35.4 Å². The molecule has 0 radical (unpaired) electrons. The third kappa shape index (κ3) is 3.18. The molecule has 0 spiro atoms. The van der Waals surface area contributed by atoms with Gasteiger partial charge in [0.15, 0.2) is 0 Å². The smallest absolute Gasteiger partial charge is 0.105 e. The van der Waals surface area contributed by atoms with Crippen molar-refractivity contribution in [2.24, 2.45) is 5.73 Å². The zero-order valence-electron chi connectivity index (χ0n) is 8.44. The summed E-state index contributed by atoms with van der Waals surface area (Å²) in [5.41, 5.74) is 6.83. The minimum atomic E-state index is -0.913. The molecule has 0 amide bonds. The van der Waals surface area contributed by atoms with Crippen molar-refractivity contribution in [1.29, 1.82) is 0 Å². The number of aliphatic hydroxyl groups is 2. The number of hydrogen-bond acceptors (Lipinski definition) is 3. The number of benzene rings is 1. The summed E-state index contributed by atoms with van der Waals surface area (Å²) in [5.74, 6) is 0.322. The fourth-order valence-electron chi connectivity index (χ4n) is 1.48. The van der Waals surface area contributed by atoms with Crippen LogP contribution in [0.25, 0.3) is 0 Å². The van der Waals surface area contributed by atoms with E-state index in [4.69, 9.17) is 17.3 Å². The molecule has 15 heavy (non-hydrogen) atoms. The molecule has 0 saturated heterocycles. The molecule has 0 heterocycles. The second-order valence-corrected chi connectivity index (χ2v) is 3.69. The molecule has 1 aromatic rings. The minimum absolute atomic E-state index is 0.322. The number of hydrogen-bond donors (Lipinski definition) is 3. The largest absolute Gasteiger partial charge is 0.390 e. The van der Waals surface area contributed by atoms with Crippen molar-refractivity contribution in [3.8, 4) is 0 Å². The second-order valence-electron chi connectivity index (χ2n) is 3.42. The maximum atomic E-state index is 9.87. The van der Waals surface area contributed by atoms with Gasteiger partial charge in [-0.3, -0.25) is 0 Å². The molecule has 0 aliphatic heterocycles. The van der Waals surface area contributed by atoms with Crippen LogP contribution in [0.2, 0.25) is 0 Å². The van der Waals surface area contributed by atoms with Gasteiger partial charge in [-0.05, 0) is 24.1 Å². The highest BCUT2D eigenvalue weighted by molar-refractivity contribution is 6.17. The lowest BCUT2D eigenvalue weighted by Crippen LogP contribution is -2.22. The quantitative estimate of drug-likeness (QED) is 0.664. The predicted octanol–water partition coefficient (Wildman–Crippen LogP) is 1.17. The van der Waals surface area contributed by atoms with E-state index in [0.29, 0.717) is 24.4 Å². The molecule has 0 aliphatic rings. The zero-order chi connectivity index (χ0) is 11.3. The highest BCUT2D eigenvalue weighted by Gasteiger charge is 2.19. The summed E-state index contributed by atoms with van der Waals surface area (Å²) in [6.45, 7) is 0.348. The summed E-state index contributed by atoms with van der Waals surface area (Å²) in [5, 5.41) is 19.5. The molecule has 84 valence electrons. The Morgan fingerprint density at radius 2 is 1.93 bits per heavy atom. The first kappa shape index (κ1) is 12.5. The first-order valence-electron chi connectivity index (χ1n) is 4.90. The molecule has 2 unspecified atom stereocenters. The first-order chi connectivity index (χ1) is 7.20. The maximum absolute atomic E-state index is 9.87. The molecule has 4 N–H and O–H groups in total. The molecule has 0 fully saturated rings. The summed E-state index contributed by atoms with van der Waals surface area (Å²) < 4.78 is 0. The monoisotopic (exact) mass is 229 g/mol. The molecular weight excluding hydrogens is 214 g/mol. The minimum Gasteiger partial charge on any atom is -0.390 e. The topological polar surface area (TPSA) is 66.5 Å². The van der Waals surface area contributed by atoms with Gasteiger partial charge in [-0.25, -0.2) is 0 Å². The molecule has 3 nitrogen and oxygen atoms in total. The number of rotatable bonds is 5. The Morgan fingerprint density at radius 1 is 1.27 bits per heavy atom. The van der Waals surface area contributed by atoms with Crippen molar-refractivity contribution >= 4 is 11.6 Å². The molecule has 0 aromatic heterocycles. The number of alkyl halides is 1. The van der Waals surface area contributed by atoms with Crippen LogP contribution in [0.3, 0.4) is 0 Å². The van der Waals surface area contributed by atoms with E-state index in [2.05, 4.69) is 0 Å². The van der Waals surface area contributed by atoms with Crippen molar-refractivity contribution < 1.29 is 10.2 Å². The maximum Gasteiger partial charge on any atom is 0.105 e. The number of aliphatic hydroxyl groups excluding tert-OH is 2. The van der Waals surface area contributed by atoms with E-state index in [1.54, 1.807) is 6.07 Å². The highest BCUT2D eigenvalue weighted by atomic mass is 35.5. The Bertz CT molecular complexity index is 306. The van der Waals surface area contributed by atoms with Crippen LogP contribution in [0.5, 0.6) is 0 Å². The van der Waals surface area contributed by atoms with Gasteiger partial charge in [-0.1, -0.05) is 24.3 Å². The summed E-state index contributed by atoms with van der Waals surface area (Å²) >= 11 is 5.74. The van der Waals surface area contributed by atoms with Crippen molar-refractivity contribution in [3.63, 3.8) is 0 Å². The molecule has 0 aliphatic carbocycles. The van der Waals surface area contributed by atoms with Gasteiger partial charge in [0.05, 0.1) is 6.10 Å². The Balaban J connectivity index is 2.84. The third-order valence-electron chi connectivity index (χ3n) is 2.34. The normalized spacial score (nSPS) is 14.9. The van der Waals surface area contributed by atoms with Crippen molar-refractivity contribution in [1.82, 2.24) is 0 Å². The van der Waals surface area contributed by atoms with Crippen LogP contribution in [0, 0.1) is 0 Å². The van der Waals surface area contributed by atoms with Gasteiger partial charge in [-0.2, -0.15) is 0 Å². The Labute approximate surface area is 94.5 Å². The van der Waals surface area contributed by atoms with Crippen LogP contribution < -0.4 is 5.73 Å². The Morgan fingerprint density at radius 3 is 2.53 bits per heavy atom. The van der Waals surface area contributed by atoms with E-state index < -0.39 is 12.2 Å². The second kappa shape index (κ2) is 6.08. The van der Waals surface area contributed by atoms with Crippen LogP contribution in [-0.4, -0.2) is 22.9 Å². The number of nitrogens with two attached hydrogens (primary N) is 1. The molecule has 1 aromatic carbocycles. The highest BCUT2D eigenvalue weighted by Crippen LogP contribution is 2.23. The van der Waals surface area contributed by atoms with Gasteiger partial charge in [0, 0.05) is 5.88 Å². The van der Waals surface area contributed by atoms with E-state index in [1.807, 2.05) is 18.2 Å². The first-order valence-corrected chi connectivity index (χ1v) is 5.44. The summed E-state index contributed by atoms with van der Waals surface area (Å²) in [7, 11) is 0. The van der Waals surface area contributed by atoms with E-state index in [9.17, 15) is 10.2 Å². The number of halogens is 1. The van der Waals surface area contributed by atoms with Gasteiger partial charge in [0.2, 0.25) is 0 Å². The summed E-state index contributed by atoms with van der Waals surface area (Å²) in [4.78, 5) is 0. The van der Waals surface area contributed by atoms with Crippen molar-refractivity contribution in [2.45, 2.75) is 24.5 Å². The molecule has 2 atom stereocenters. The molecule has 0 bridgehead atoms. The Kier molecular flexibility index (Phi) is 5.05. The van der Waals surface area contributed by atoms with Crippen LogP contribution in [0.15, 0.2) is 24.3 Å². The van der Waals surface area contributed by atoms with Gasteiger partial charge in [0.1, 0.15) is 6.10 Å². The zero-order valence-corrected chi connectivity index (χ0v) is 9.19. The molecule has 0 saturated carbocycles. The van der Waals surface area contributed by atoms with E-state index >= 15 is 0 Å². The van der Waals surface area contributed by atoms with E-state index in [-0.39, 0.29) is 0 Å². The molecular formula is C11H16ClNO2. The van der Waals surface area contributed by atoms with Crippen LogP contribution in [0.1, 0.15) is 23.7 Å². The van der Waals surface area contributed by atoms with E-state index in [1.165, 1.54) is 0 Å². The fraction of sp³-hybridized carbons (Fsp3) is 0.455. The fourth-order valence-corrected chi connectivity index (χ4v) is 1.72. The SMILES string of the molecule is NCCC(O)C(O)c1ccccc1CCl. The standard InChI is InChI=1S/C11H16ClNO2/c12-7-8-3-1-2-4-9(8)11(15)10(14)5-6-13/h1-4,10-11,14-15H,5-7,13H2. The van der Waals surface area contributed by atoms with Crippen molar-refractivity contribution in [2.75, 3.05) is 6.54 Å². The van der Waals surface area contributed by atoms with Gasteiger partial charge in [0.25, 0.3) is 0 Å². The van der Waals surface area contributed by atoms with Gasteiger partial charge < -0.3 is 15.9 Å². The van der Waals surface area contributed by atoms with E-state index in [0.717, 1.165) is 5.56 Å². The lowest BCUT2D eigenvalue weighted by Gasteiger charge is -2.19. The third-order valence-corrected chi connectivity index (χ3v) is 2.63. The summed E-state index contributed by atoms with van der Waals surface area (Å²) in [6.07, 6.45) is -1.37. The average molecular weight is 230 g/mol. The summed E-state index contributed by atoms with van der Waals surface area (Å²) in [6, 6.07) is 7.26. The molecule has 1 rings (SSSR count). The van der Waals surface area contributed by atoms with Gasteiger partial charge >= 0.3 is 0 Å². The lowest BCUT2D eigenvalue weighted by atomic mass is 9.98. The van der Waals surface area contributed by atoms with Crippen LogP contribution in [-0.2, 0) is 5.88 Å². The predicted molar refractivity (Wildman–Crippen MR) is 60.6 cm³/mol. The van der Waals surface area contributed by atoms with Gasteiger partial charge in [-0.15, -0.1) is 11.6 Å². The van der Waals surface area contributed by atoms with Crippen LogP contribution in [0.4, 0.5) is 0 Å². The Hall–Kier alpha value is -0.610. The lowest BCUT2D eigenvalue weighted by molar-refractivity contribution is 0.0146. The average Bonchev–Trinajstić information content (AvgIpc) is 2.28.